The molecule has 0 saturated carbocycles. The maximum Gasteiger partial charge on any atom is 0.319 e. The molecule has 35 heavy (non-hydrogen) atoms. The molecule has 0 radical (unpaired) electrons. The van der Waals surface area contributed by atoms with Crippen LogP contribution in [0.3, 0.4) is 0 Å². The number of ether oxygens (including phenoxy) is 2. The van der Waals surface area contributed by atoms with Crippen LogP contribution in [0.1, 0.15) is 54.3 Å². The van der Waals surface area contributed by atoms with E-state index in [2.05, 4.69) is 17.1 Å². The third-order valence-corrected chi connectivity index (χ3v) is 5.89. The smallest absolute Gasteiger partial charge is 0.319 e. The van der Waals surface area contributed by atoms with Crippen molar-refractivity contribution >= 4 is 11.9 Å². The highest BCUT2D eigenvalue weighted by molar-refractivity contribution is 5.96. The predicted octanol–water partition coefficient (Wildman–Crippen LogP) is 2.69. The number of benzene rings is 1. The summed E-state index contributed by atoms with van der Waals surface area (Å²) in [6.07, 6.45) is 0. The van der Waals surface area contributed by atoms with Crippen LogP contribution in [0.15, 0.2) is 53.3 Å². The summed E-state index contributed by atoms with van der Waals surface area (Å²) in [6, 6.07) is 19.8. The maximum absolute atomic E-state index is 13.5. The first-order chi connectivity index (χ1) is 16.8. The Morgan fingerprint density at radius 1 is 1.20 bits per heavy atom. The molecule has 180 valence electrons. The zero-order valence-electron chi connectivity index (χ0n) is 19.6. The SMILES string of the molecule is CC(=O)OCOc1c2n(c(O)nc1=O)[C@@H](C(c1c#cccc1)c1ccccc1)CN(C(C)C)C2=O. The van der Waals surface area contributed by atoms with Gasteiger partial charge >= 0.3 is 11.5 Å². The normalized spacial score (nSPS) is 15.1. The van der Waals surface area contributed by atoms with E-state index in [4.69, 9.17) is 9.47 Å². The molecular weight excluding hydrogens is 450 g/mol. The van der Waals surface area contributed by atoms with E-state index in [1.54, 1.807) is 11.0 Å². The number of hydrogen-bond donors (Lipinski definition) is 1. The minimum absolute atomic E-state index is 0.152. The van der Waals surface area contributed by atoms with Crippen LogP contribution >= 0.6 is 0 Å². The van der Waals surface area contributed by atoms with Gasteiger partial charge in [-0.2, -0.15) is 4.98 Å². The number of fused-ring (bicyclic) bond motifs is 1. The highest BCUT2D eigenvalue weighted by Gasteiger charge is 2.42. The van der Waals surface area contributed by atoms with E-state index in [1.165, 1.54) is 11.5 Å². The van der Waals surface area contributed by atoms with E-state index >= 15 is 0 Å². The molecule has 2 aromatic carbocycles. The average molecular weight is 476 g/mol. The third kappa shape index (κ3) is 4.68. The Kier molecular flexibility index (Phi) is 6.73. The number of hydrogen-bond acceptors (Lipinski definition) is 7. The standard InChI is InChI=1S/C26H25N3O6/c1-16(2)28-14-20(21(18-10-6-4-7-11-18)19-12-8-5-9-13-19)29-22(25(28)32)23(24(31)27-26(29)33)35-15-34-17(3)30/h4-8,10-12,16,20-21H,14-15H2,1-3H3,(H,27,31,33)/t20-,21?/m1/s1. The van der Waals surface area contributed by atoms with Gasteiger partial charge in [-0.15, -0.1) is 0 Å². The van der Waals surface area contributed by atoms with Gasteiger partial charge in [0.15, 0.2) is 5.69 Å². The summed E-state index contributed by atoms with van der Waals surface area (Å²) in [5.41, 5.74) is 0.612. The van der Waals surface area contributed by atoms with E-state index in [1.807, 2.05) is 56.3 Å². The summed E-state index contributed by atoms with van der Waals surface area (Å²) in [4.78, 5) is 42.8. The van der Waals surface area contributed by atoms with Gasteiger partial charge in [0.1, 0.15) is 0 Å². The van der Waals surface area contributed by atoms with Crippen LogP contribution in [0.2, 0.25) is 0 Å². The van der Waals surface area contributed by atoms with Gasteiger partial charge in [-0.1, -0.05) is 48.5 Å². The zero-order chi connectivity index (χ0) is 25.1. The molecule has 1 aliphatic rings. The van der Waals surface area contributed by atoms with Gasteiger partial charge in [-0.05, 0) is 31.5 Å². The van der Waals surface area contributed by atoms with Gasteiger partial charge in [0.05, 0.1) is 6.04 Å². The molecule has 1 amide bonds. The van der Waals surface area contributed by atoms with Crippen molar-refractivity contribution in [2.45, 2.75) is 38.8 Å². The minimum atomic E-state index is -0.936. The van der Waals surface area contributed by atoms with Gasteiger partial charge in [-0.3, -0.25) is 19.0 Å². The van der Waals surface area contributed by atoms with Crippen molar-refractivity contribution in [1.82, 2.24) is 14.5 Å². The second-order valence-corrected chi connectivity index (χ2v) is 8.42. The minimum Gasteiger partial charge on any atom is -0.480 e. The molecule has 2 atom stereocenters. The Morgan fingerprint density at radius 3 is 2.57 bits per heavy atom. The lowest BCUT2D eigenvalue weighted by atomic mass is 9.84. The first-order valence-corrected chi connectivity index (χ1v) is 11.2. The summed E-state index contributed by atoms with van der Waals surface area (Å²) < 4.78 is 11.6. The van der Waals surface area contributed by atoms with Gasteiger partial charge in [-0.25, -0.2) is 0 Å². The molecule has 0 fully saturated rings. The number of aromatic hydroxyl groups is 1. The number of esters is 1. The molecule has 0 aliphatic carbocycles. The molecule has 3 aromatic rings. The van der Waals surface area contributed by atoms with Gasteiger partial charge in [0.25, 0.3) is 11.9 Å². The summed E-state index contributed by atoms with van der Waals surface area (Å²) in [7, 11) is 0. The van der Waals surface area contributed by atoms with Gasteiger partial charge in [0.2, 0.25) is 12.5 Å². The highest BCUT2D eigenvalue weighted by atomic mass is 16.7. The fourth-order valence-corrected chi connectivity index (χ4v) is 4.34. The lowest BCUT2D eigenvalue weighted by molar-refractivity contribution is -0.147. The molecule has 0 saturated heterocycles. The molecule has 1 N–H and O–H groups in total. The van der Waals surface area contributed by atoms with Crippen LogP contribution in [-0.2, 0) is 9.53 Å². The van der Waals surface area contributed by atoms with Gasteiger partial charge < -0.3 is 19.5 Å². The van der Waals surface area contributed by atoms with E-state index in [0.717, 1.165) is 11.1 Å². The van der Waals surface area contributed by atoms with E-state index in [-0.39, 0.29) is 29.9 Å². The zero-order valence-corrected chi connectivity index (χ0v) is 19.6. The molecule has 9 nitrogen and oxygen atoms in total. The largest absolute Gasteiger partial charge is 0.480 e. The number of nitrogens with zero attached hydrogens (tertiary/aromatic N) is 3. The Morgan fingerprint density at radius 2 is 1.94 bits per heavy atom. The second-order valence-electron chi connectivity index (χ2n) is 8.42. The van der Waals surface area contributed by atoms with Crippen LogP contribution in [0, 0.1) is 12.1 Å². The van der Waals surface area contributed by atoms with Crippen molar-refractivity contribution in [2.75, 3.05) is 13.3 Å². The van der Waals surface area contributed by atoms with Crippen LogP contribution in [-0.4, -0.2) is 50.8 Å². The summed E-state index contributed by atoms with van der Waals surface area (Å²) in [5.74, 6) is -1.88. The number of rotatable bonds is 7. The van der Waals surface area contributed by atoms with Crippen molar-refractivity contribution in [1.29, 1.82) is 0 Å². The molecular formula is C26H25N3O6. The molecule has 1 aromatic heterocycles. The van der Waals surface area contributed by atoms with Crippen molar-refractivity contribution in [3.8, 4) is 11.8 Å². The molecule has 1 aliphatic heterocycles. The summed E-state index contributed by atoms with van der Waals surface area (Å²) >= 11 is 0. The van der Waals surface area contributed by atoms with E-state index < -0.39 is 36.3 Å². The molecule has 0 spiro atoms. The Labute approximate surface area is 202 Å². The molecule has 2 heterocycles. The lowest BCUT2D eigenvalue weighted by Gasteiger charge is -2.41. The number of carbonyl (C=O) groups excluding carboxylic acids is 2. The van der Waals surface area contributed by atoms with Crippen LogP contribution in [0.5, 0.6) is 11.8 Å². The predicted molar refractivity (Wildman–Crippen MR) is 125 cm³/mol. The maximum atomic E-state index is 13.5. The molecule has 0 bridgehead atoms. The topological polar surface area (TPSA) is 111 Å². The Balaban J connectivity index is 1.95. The van der Waals surface area contributed by atoms with Crippen molar-refractivity contribution in [3.05, 3.63) is 87.8 Å². The monoisotopic (exact) mass is 475 g/mol. The number of aromatic nitrogens is 2. The van der Waals surface area contributed by atoms with Crippen molar-refractivity contribution in [3.63, 3.8) is 0 Å². The number of carbonyl (C=O) groups is 2. The Hall–Kier alpha value is -4.32. The van der Waals surface area contributed by atoms with Crippen molar-refractivity contribution < 1.29 is 24.2 Å². The fraction of sp³-hybridized carbons (Fsp3) is 0.308. The van der Waals surface area contributed by atoms with Crippen molar-refractivity contribution in [2.24, 2.45) is 0 Å². The quantitative estimate of drug-likeness (QED) is 0.413. The first-order valence-electron chi connectivity index (χ1n) is 11.2. The Bertz CT molecular complexity index is 1230. The van der Waals surface area contributed by atoms with Crippen LogP contribution in [0.25, 0.3) is 0 Å². The summed E-state index contributed by atoms with van der Waals surface area (Å²) in [5, 5.41) is 10.9. The third-order valence-electron chi connectivity index (χ3n) is 5.89. The lowest BCUT2D eigenvalue weighted by Crippen LogP contribution is -2.49. The molecule has 9 heteroatoms. The average Bonchev–Trinajstić information content (AvgIpc) is 2.83. The fourth-order valence-electron chi connectivity index (χ4n) is 4.34. The van der Waals surface area contributed by atoms with E-state index in [0.29, 0.717) is 0 Å². The number of amides is 1. The van der Waals surface area contributed by atoms with E-state index in [9.17, 15) is 19.5 Å². The molecule has 1 unspecified atom stereocenters. The first kappa shape index (κ1) is 23.8. The summed E-state index contributed by atoms with van der Waals surface area (Å²) in [6.45, 7) is 4.58. The highest BCUT2D eigenvalue weighted by Crippen LogP contribution is 2.41. The van der Waals surface area contributed by atoms with Crippen LogP contribution < -0.4 is 10.3 Å². The second kappa shape index (κ2) is 9.89. The molecule has 4 rings (SSSR count). The van der Waals surface area contributed by atoms with Crippen LogP contribution in [0.4, 0.5) is 0 Å². The van der Waals surface area contributed by atoms with Gasteiger partial charge in [0, 0.05) is 31.0 Å².